The maximum atomic E-state index is 5.20. The summed E-state index contributed by atoms with van der Waals surface area (Å²) in [5, 5.41) is 7.43. The lowest BCUT2D eigenvalue weighted by Gasteiger charge is -2.13. The SMILES string of the molecule is CC(C)(C)c1ccco1.CC(C)(C)c1ccon1.CC(C)(C)c1cnoc1. The highest BCUT2D eigenvalue weighted by Gasteiger charge is 2.16. The van der Waals surface area contributed by atoms with Gasteiger partial charge in [0.2, 0.25) is 0 Å². The lowest BCUT2D eigenvalue weighted by atomic mass is 9.90. The van der Waals surface area contributed by atoms with Gasteiger partial charge in [-0.3, -0.25) is 0 Å². The van der Waals surface area contributed by atoms with Gasteiger partial charge < -0.3 is 13.5 Å². The minimum absolute atomic E-state index is 0.118. The van der Waals surface area contributed by atoms with E-state index in [1.807, 2.05) is 18.2 Å². The average molecular weight is 375 g/mol. The Kier molecular flexibility index (Phi) is 7.64. The predicted octanol–water partition coefficient (Wildman–Crippen LogP) is 6.52. The summed E-state index contributed by atoms with van der Waals surface area (Å²) < 4.78 is 14.6. The fourth-order valence-corrected chi connectivity index (χ4v) is 1.88. The summed E-state index contributed by atoms with van der Waals surface area (Å²) >= 11 is 0. The standard InChI is InChI=1S/C8H12O.2C7H11NO/c1-8(2,3)7-5-4-6-9-7;1-7(2,3)6-4-8-9-5-6;1-7(2,3)6-4-5-9-8-6/h4-6H,1-3H3;2*4-5H,1-3H3. The van der Waals surface area contributed by atoms with Crippen molar-refractivity contribution in [3.63, 3.8) is 0 Å². The van der Waals surface area contributed by atoms with E-state index in [1.54, 1.807) is 25.0 Å². The number of nitrogens with zero attached hydrogens (tertiary/aromatic N) is 2. The van der Waals surface area contributed by atoms with Gasteiger partial charge in [0.25, 0.3) is 0 Å². The summed E-state index contributed by atoms with van der Waals surface area (Å²) in [5.74, 6) is 1.04. The molecular formula is C22H34N2O3. The summed E-state index contributed by atoms with van der Waals surface area (Å²) in [7, 11) is 0. The minimum Gasteiger partial charge on any atom is -0.469 e. The third kappa shape index (κ3) is 8.29. The second-order valence-corrected chi connectivity index (χ2v) is 9.53. The lowest BCUT2D eigenvalue weighted by Crippen LogP contribution is -2.10. The van der Waals surface area contributed by atoms with Crippen molar-refractivity contribution < 1.29 is 13.5 Å². The molecule has 5 nitrogen and oxygen atoms in total. The van der Waals surface area contributed by atoms with Crippen LogP contribution < -0.4 is 0 Å². The predicted molar refractivity (Wildman–Crippen MR) is 108 cm³/mol. The van der Waals surface area contributed by atoms with Crippen LogP contribution in [0.5, 0.6) is 0 Å². The van der Waals surface area contributed by atoms with Crippen LogP contribution in [0.3, 0.4) is 0 Å². The molecule has 0 fully saturated rings. The molecule has 0 unspecified atom stereocenters. The maximum absolute atomic E-state index is 5.20. The normalized spacial score (nSPS) is 11.9. The van der Waals surface area contributed by atoms with Crippen molar-refractivity contribution in [1.29, 1.82) is 0 Å². The Hall–Kier alpha value is -2.30. The van der Waals surface area contributed by atoms with Crippen LogP contribution >= 0.6 is 0 Å². The molecule has 0 spiro atoms. The highest BCUT2D eigenvalue weighted by atomic mass is 16.5. The van der Waals surface area contributed by atoms with Crippen molar-refractivity contribution in [3.05, 3.63) is 60.2 Å². The van der Waals surface area contributed by atoms with Crippen molar-refractivity contribution >= 4 is 0 Å². The van der Waals surface area contributed by atoms with Crippen LogP contribution in [0, 0.1) is 0 Å². The minimum atomic E-state index is 0.118. The monoisotopic (exact) mass is 374 g/mol. The molecule has 0 aromatic carbocycles. The van der Waals surface area contributed by atoms with Crippen molar-refractivity contribution in [2.45, 2.75) is 78.6 Å². The largest absolute Gasteiger partial charge is 0.469 e. The van der Waals surface area contributed by atoms with Crippen LogP contribution in [0.1, 0.15) is 79.3 Å². The molecule has 27 heavy (non-hydrogen) atoms. The van der Waals surface area contributed by atoms with Gasteiger partial charge in [-0.25, -0.2) is 0 Å². The highest BCUT2D eigenvalue weighted by molar-refractivity contribution is 5.12. The Bertz CT molecular complexity index is 616. The van der Waals surface area contributed by atoms with Gasteiger partial charge in [-0.05, 0) is 17.5 Å². The number of furan rings is 1. The van der Waals surface area contributed by atoms with Crippen molar-refractivity contribution in [2.75, 3.05) is 0 Å². The van der Waals surface area contributed by atoms with Gasteiger partial charge in [-0.15, -0.1) is 0 Å². The maximum Gasteiger partial charge on any atom is 0.127 e. The molecule has 0 amide bonds. The van der Waals surface area contributed by atoms with Crippen molar-refractivity contribution in [1.82, 2.24) is 10.3 Å². The molecule has 0 saturated heterocycles. The molecule has 0 bridgehead atoms. The second-order valence-electron chi connectivity index (χ2n) is 9.53. The zero-order valence-electron chi connectivity index (χ0n) is 18.2. The van der Waals surface area contributed by atoms with Crippen LogP contribution in [-0.4, -0.2) is 10.3 Å². The number of aromatic nitrogens is 2. The van der Waals surface area contributed by atoms with Gasteiger partial charge >= 0.3 is 0 Å². The number of hydrogen-bond donors (Lipinski definition) is 0. The fraction of sp³-hybridized carbons (Fsp3) is 0.545. The summed E-state index contributed by atoms with van der Waals surface area (Å²) in [5.41, 5.74) is 2.58. The van der Waals surface area contributed by atoms with Gasteiger partial charge in [0, 0.05) is 22.5 Å². The van der Waals surface area contributed by atoms with Gasteiger partial charge in [-0.2, -0.15) is 0 Å². The van der Waals surface area contributed by atoms with E-state index in [2.05, 4.69) is 72.6 Å². The molecule has 5 heteroatoms. The first-order chi connectivity index (χ1) is 12.3. The van der Waals surface area contributed by atoms with Crippen LogP contribution in [-0.2, 0) is 16.2 Å². The van der Waals surface area contributed by atoms with Gasteiger partial charge in [0.1, 0.15) is 18.3 Å². The molecule has 150 valence electrons. The van der Waals surface area contributed by atoms with Crippen LogP contribution in [0.2, 0.25) is 0 Å². The Labute approximate surface area is 163 Å². The van der Waals surface area contributed by atoms with Crippen LogP contribution in [0.4, 0.5) is 0 Å². The Morgan fingerprint density at radius 3 is 1.63 bits per heavy atom. The molecule has 0 N–H and O–H groups in total. The molecule has 0 aliphatic carbocycles. The molecule has 0 saturated carbocycles. The highest BCUT2D eigenvalue weighted by Crippen LogP contribution is 2.22. The summed E-state index contributed by atoms with van der Waals surface area (Å²) in [6, 6.07) is 5.81. The molecule has 0 aliphatic heterocycles. The summed E-state index contributed by atoms with van der Waals surface area (Å²) in [6.07, 6.45) is 6.74. The molecule has 3 aromatic heterocycles. The molecule has 3 heterocycles. The fourth-order valence-electron chi connectivity index (χ4n) is 1.88. The van der Waals surface area contributed by atoms with E-state index in [-0.39, 0.29) is 16.2 Å². The first-order valence-electron chi connectivity index (χ1n) is 9.16. The van der Waals surface area contributed by atoms with E-state index >= 15 is 0 Å². The van der Waals surface area contributed by atoms with Gasteiger partial charge in [-0.1, -0.05) is 72.6 Å². The van der Waals surface area contributed by atoms with E-state index in [4.69, 9.17) is 13.5 Å². The van der Waals surface area contributed by atoms with Gasteiger partial charge in [0.05, 0.1) is 18.2 Å². The van der Waals surface area contributed by atoms with Crippen LogP contribution in [0.15, 0.2) is 56.6 Å². The average Bonchev–Trinajstić information content (AvgIpc) is 3.28. The third-order valence-corrected chi connectivity index (χ3v) is 3.76. The first kappa shape index (κ1) is 22.7. The molecule has 0 atom stereocenters. The van der Waals surface area contributed by atoms with E-state index < -0.39 is 0 Å². The van der Waals surface area contributed by atoms with E-state index in [0.717, 1.165) is 17.0 Å². The topological polar surface area (TPSA) is 65.2 Å². The van der Waals surface area contributed by atoms with E-state index in [0.29, 0.717) is 0 Å². The first-order valence-corrected chi connectivity index (χ1v) is 9.16. The molecular weight excluding hydrogens is 340 g/mol. The van der Waals surface area contributed by atoms with Crippen molar-refractivity contribution in [2.24, 2.45) is 0 Å². The van der Waals surface area contributed by atoms with E-state index in [9.17, 15) is 0 Å². The Morgan fingerprint density at radius 2 is 1.41 bits per heavy atom. The zero-order chi connectivity index (χ0) is 20.7. The zero-order valence-corrected chi connectivity index (χ0v) is 18.2. The van der Waals surface area contributed by atoms with Crippen molar-refractivity contribution in [3.8, 4) is 0 Å². The molecule has 0 aliphatic rings. The number of hydrogen-bond acceptors (Lipinski definition) is 5. The molecule has 3 aromatic rings. The Balaban J connectivity index is 0.000000202. The lowest BCUT2D eigenvalue weighted by molar-refractivity contribution is 0.393. The van der Waals surface area contributed by atoms with Gasteiger partial charge in [0.15, 0.2) is 0 Å². The summed E-state index contributed by atoms with van der Waals surface area (Å²) in [6.45, 7) is 19.1. The Morgan fingerprint density at radius 1 is 0.741 bits per heavy atom. The second kappa shape index (κ2) is 9.07. The quantitative estimate of drug-likeness (QED) is 0.448. The number of rotatable bonds is 0. The third-order valence-electron chi connectivity index (χ3n) is 3.76. The van der Waals surface area contributed by atoms with E-state index in [1.165, 1.54) is 0 Å². The van der Waals surface area contributed by atoms with Crippen LogP contribution in [0.25, 0.3) is 0 Å². The molecule has 0 radical (unpaired) electrons. The summed E-state index contributed by atoms with van der Waals surface area (Å²) in [4.78, 5) is 0. The molecule has 3 rings (SSSR count). The smallest absolute Gasteiger partial charge is 0.127 e.